The molecule has 1 fully saturated rings. The van der Waals surface area contributed by atoms with Crippen molar-refractivity contribution in [2.24, 2.45) is 0 Å². The van der Waals surface area contributed by atoms with Crippen molar-refractivity contribution < 1.29 is 8.42 Å². The first-order chi connectivity index (χ1) is 13.6. The molecule has 28 heavy (non-hydrogen) atoms. The SMILES string of the molecule is O=S(=O)(NC1CCN(c2ncnc3sc4c(c23)CCCC4)CC1)c1cccs1. The van der Waals surface area contributed by atoms with E-state index in [0.29, 0.717) is 4.21 Å². The quantitative estimate of drug-likeness (QED) is 0.679. The van der Waals surface area contributed by atoms with Gasteiger partial charge in [-0.3, -0.25) is 0 Å². The molecule has 2 aliphatic rings. The molecule has 1 aliphatic carbocycles. The van der Waals surface area contributed by atoms with Gasteiger partial charge in [-0.1, -0.05) is 6.07 Å². The van der Waals surface area contributed by atoms with Crippen LogP contribution in [0, 0.1) is 0 Å². The number of rotatable bonds is 4. The van der Waals surface area contributed by atoms with Crippen LogP contribution in [0.3, 0.4) is 0 Å². The largest absolute Gasteiger partial charge is 0.356 e. The monoisotopic (exact) mass is 434 g/mol. The number of aromatic nitrogens is 2. The number of nitrogens with one attached hydrogen (secondary N) is 1. The molecule has 1 saturated heterocycles. The summed E-state index contributed by atoms with van der Waals surface area (Å²) in [6.45, 7) is 1.60. The molecule has 0 radical (unpaired) electrons. The first-order valence-corrected chi connectivity index (χ1v) is 12.9. The van der Waals surface area contributed by atoms with Gasteiger partial charge in [-0.2, -0.15) is 0 Å². The summed E-state index contributed by atoms with van der Waals surface area (Å²) in [5, 5.41) is 3.03. The van der Waals surface area contributed by atoms with Crippen LogP contribution in [0.1, 0.15) is 36.1 Å². The number of sulfonamides is 1. The number of fused-ring (bicyclic) bond motifs is 3. The van der Waals surface area contributed by atoms with E-state index in [1.807, 2.05) is 11.3 Å². The number of hydrogen-bond acceptors (Lipinski definition) is 7. The van der Waals surface area contributed by atoms with Crippen LogP contribution in [0.15, 0.2) is 28.0 Å². The summed E-state index contributed by atoms with van der Waals surface area (Å²) in [7, 11) is -3.41. The molecule has 0 saturated carbocycles. The molecule has 1 N–H and O–H groups in total. The number of aryl methyl sites for hydroxylation is 2. The molecule has 0 aromatic carbocycles. The summed E-state index contributed by atoms with van der Waals surface area (Å²) in [6.07, 6.45) is 8.00. The number of thiophene rings is 2. The second-order valence-electron chi connectivity index (χ2n) is 7.40. The molecule has 148 valence electrons. The van der Waals surface area contributed by atoms with Gasteiger partial charge in [-0.15, -0.1) is 22.7 Å². The zero-order chi connectivity index (χ0) is 19.1. The molecule has 4 heterocycles. The highest BCUT2D eigenvalue weighted by molar-refractivity contribution is 7.91. The molecule has 9 heteroatoms. The first-order valence-electron chi connectivity index (χ1n) is 9.68. The second-order valence-corrected chi connectivity index (χ2v) is 11.4. The Balaban J connectivity index is 1.34. The standard InChI is InChI=1S/C19H22N4O2S3/c24-28(25,16-6-3-11-26-16)22-13-7-9-23(10-8-13)18-17-14-4-1-2-5-15(14)27-19(17)21-12-20-18/h3,6,11-13,22H,1-2,4-5,7-10H2. The van der Waals surface area contributed by atoms with Crippen molar-refractivity contribution >= 4 is 48.7 Å². The van der Waals surface area contributed by atoms with Gasteiger partial charge in [-0.25, -0.2) is 23.1 Å². The maximum atomic E-state index is 12.5. The van der Waals surface area contributed by atoms with Crippen molar-refractivity contribution in [3.63, 3.8) is 0 Å². The molecule has 0 unspecified atom stereocenters. The summed E-state index contributed by atoms with van der Waals surface area (Å²) in [6, 6.07) is 3.39. The Hall–Kier alpha value is -1.55. The van der Waals surface area contributed by atoms with Crippen LogP contribution in [-0.4, -0.2) is 37.5 Å². The van der Waals surface area contributed by atoms with Crippen molar-refractivity contribution in [1.29, 1.82) is 0 Å². The van der Waals surface area contributed by atoms with E-state index in [1.165, 1.54) is 40.0 Å². The number of piperidine rings is 1. The van der Waals surface area contributed by atoms with E-state index in [-0.39, 0.29) is 6.04 Å². The van der Waals surface area contributed by atoms with Crippen molar-refractivity contribution in [3.05, 3.63) is 34.3 Å². The average molecular weight is 435 g/mol. The van der Waals surface area contributed by atoms with Gasteiger partial charge < -0.3 is 4.90 Å². The minimum atomic E-state index is -3.41. The fourth-order valence-corrected chi connectivity index (χ4v) is 7.75. The highest BCUT2D eigenvalue weighted by Gasteiger charge is 2.28. The summed E-state index contributed by atoms with van der Waals surface area (Å²) in [5.74, 6) is 1.03. The van der Waals surface area contributed by atoms with Crippen molar-refractivity contribution in [2.75, 3.05) is 18.0 Å². The predicted octanol–water partition coefficient (Wildman–Crippen LogP) is 3.58. The van der Waals surface area contributed by atoms with E-state index in [2.05, 4.69) is 19.6 Å². The lowest BCUT2D eigenvalue weighted by Crippen LogP contribution is -2.44. The summed E-state index contributed by atoms with van der Waals surface area (Å²) in [5.41, 5.74) is 1.45. The Bertz CT molecular complexity index is 1080. The molecule has 5 rings (SSSR count). The predicted molar refractivity (Wildman–Crippen MR) is 114 cm³/mol. The molecule has 0 amide bonds. The Morgan fingerprint density at radius 3 is 2.75 bits per heavy atom. The Labute approximate surface area is 172 Å². The van der Waals surface area contributed by atoms with Crippen LogP contribution in [0.2, 0.25) is 0 Å². The normalized spacial score (nSPS) is 18.5. The first kappa shape index (κ1) is 18.5. The molecular formula is C19H22N4O2S3. The highest BCUT2D eigenvalue weighted by Crippen LogP contribution is 2.39. The zero-order valence-corrected chi connectivity index (χ0v) is 17.9. The zero-order valence-electron chi connectivity index (χ0n) is 15.4. The van der Waals surface area contributed by atoms with E-state index in [1.54, 1.807) is 23.8 Å². The Kier molecular flexibility index (Phi) is 4.86. The van der Waals surface area contributed by atoms with Crippen LogP contribution in [-0.2, 0) is 22.9 Å². The van der Waals surface area contributed by atoms with Gasteiger partial charge in [0.15, 0.2) is 0 Å². The summed E-state index contributed by atoms with van der Waals surface area (Å²) >= 11 is 3.07. The summed E-state index contributed by atoms with van der Waals surface area (Å²) < 4.78 is 28.2. The topological polar surface area (TPSA) is 75.2 Å². The van der Waals surface area contributed by atoms with Gasteiger partial charge in [0, 0.05) is 24.0 Å². The lowest BCUT2D eigenvalue weighted by Gasteiger charge is -2.33. The summed E-state index contributed by atoms with van der Waals surface area (Å²) in [4.78, 5) is 14.0. The molecular weight excluding hydrogens is 412 g/mol. The minimum Gasteiger partial charge on any atom is -0.356 e. The lowest BCUT2D eigenvalue weighted by atomic mass is 9.96. The van der Waals surface area contributed by atoms with E-state index in [0.717, 1.165) is 49.4 Å². The van der Waals surface area contributed by atoms with E-state index in [9.17, 15) is 8.42 Å². The maximum Gasteiger partial charge on any atom is 0.250 e. The fraction of sp³-hybridized carbons (Fsp3) is 0.474. The number of anilines is 1. The van der Waals surface area contributed by atoms with Crippen LogP contribution >= 0.6 is 22.7 Å². The van der Waals surface area contributed by atoms with Gasteiger partial charge in [0.25, 0.3) is 0 Å². The van der Waals surface area contributed by atoms with Crippen LogP contribution in [0.25, 0.3) is 10.2 Å². The van der Waals surface area contributed by atoms with E-state index >= 15 is 0 Å². The van der Waals surface area contributed by atoms with E-state index in [4.69, 9.17) is 0 Å². The third-order valence-electron chi connectivity index (χ3n) is 5.61. The minimum absolute atomic E-state index is 0.0305. The third-order valence-corrected chi connectivity index (χ3v) is 9.73. The van der Waals surface area contributed by atoms with Crippen molar-refractivity contribution in [2.45, 2.75) is 48.8 Å². The van der Waals surface area contributed by atoms with Crippen LogP contribution in [0.5, 0.6) is 0 Å². The highest BCUT2D eigenvalue weighted by atomic mass is 32.2. The molecule has 0 atom stereocenters. The van der Waals surface area contributed by atoms with Gasteiger partial charge in [0.1, 0.15) is 21.2 Å². The molecule has 6 nitrogen and oxygen atoms in total. The molecule has 0 spiro atoms. The van der Waals surface area contributed by atoms with Crippen LogP contribution < -0.4 is 9.62 Å². The van der Waals surface area contributed by atoms with Crippen molar-refractivity contribution in [1.82, 2.24) is 14.7 Å². The van der Waals surface area contributed by atoms with Gasteiger partial charge in [-0.05, 0) is 55.5 Å². The van der Waals surface area contributed by atoms with Gasteiger partial charge in [0.05, 0.1) is 5.39 Å². The number of nitrogens with zero attached hydrogens (tertiary/aromatic N) is 3. The third kappa shape index (κ3) is 3.34. The molecule has 1 aliphatic heterocycles. The molecule has 3 aromatic heterocycles. The second kappa shape index (κ2) is 7.37. The van der Waals surface area contributed by atoms with Crippen molar-refractivity contribution in [3.8, 4) is 0 Å². The maximum absolute atomic E-state index is 12.5. The average Bonchev–Trinajstić information content (AvgIpc) is 3.36. The Morgan fingerprint density at radius 2 is 1.96 bits per heavy atom. The molecule has 3 aromatic rings. The number of hydrogen-bond donors (Lipinski definition) is 1. The Morgan fingerprint density at radius 1 is 1.14 bits per heavy atom. The molecule has 0 bridgehead atoms. The van der Waals surface area contributed by atoms with Crippen LogP contribution in [0.4, 0.5) is 5.82 Å². The van der Waals surface area contributed by atoms with Gasteiger partial charge >= 0.3 is 0 Å². The lowest BCUT2D eigenvalue weighted by molar-refractivity contribution is 0.459. The smallest absolute Gasteiger partial charge is 0.250 e. The van der Waals surface area contributed by atoms with Gasteiger partial charge in [0.2, 0.25) is 10.0 Å². The van der Waals surface area contributed by atoms with E-state index < -0.39 is 10.0 Å². The fourth-order valence-electron chi connectivity index (χ4n) is 4.22.